The van der Waals surface area contributed by atoms with E-state index in [2.05, 4.69) is 46.1 Å². The maximum absolute atomic E-state index is 6.05. The van der Waals surface area contributed by atoms with Gasteiger partial charge in [-0.1, -0.05) is 41.4 Å². The van der Waals surface area contributed by atoms with Crippen LogP contribution in [-0.2, 0) is 0 Å². The molecule has 0 spiro atoms. The van der Waals surface area contributed by atoms with E-state index in [-0.39, 0.29) is 6.17 Å². The van der Waals surface area contributed by atoms with E-state index in [1.807, 2.05) is 24.3 Å². The molecule has 2 aliphatic heterocycles. The molecule has 2 heterocycles. The minimum atomic E-state index is 0.117. The summed E-state index contributed by atoms with van der Waals surface area (Å²) in [7, 11) is 0. The smallest absolute Gasteiger partial charge is 0.192 e. The van der Waals surface area contributed by atoms with Crippen molar-refractivity contribution in [2.75, 3.05) is 18.0 Å². The van der Waals surface area contributed by atoms with E-state index in [9.17, 15) is 0 Å². The molecule has 0 N–H and O–H groups in total. The van der Waals surface area contributed by atoms with Gasteiger partial charge in [-0.2, -0.15) is 5.01 Å². The molecule has 0 bridgehead atoms. The molecule has 5 heteroatoms. The van der Waals surface area contributed by atoms with Gasteiger partial charge < -0.3 is 0 Å². The number of hydrogen-bond donors (Lipinski definition) is 0. The van der Waals surface area contributed by atoms with Gasteiger partial charge in [0.05, 0.1) is 0 Å². The summed E-state index contributed by atoms with van der Waals surface area (Å²) in [5.41, 5.74) is 3.61. The molecule has 0 saturated carbocycles. The lowest BCUT2D eigenvalue weighted by molar-refractivity contribution is 0.0923. The van der Waals surface area contributed by atoms with E-state index in [1.165, 1.54) is 11.1 Å². The molecule has 2 aromatic rings. The first-order chi connectivity index (χ1) is 11.1. The van der Waals surface area contributed by atoms with Gasteiger partial charge in [-0.15, -0.1) is 0 Å². The largest absolute Gasteiger partial charge is 0.296 e. The van der Waals surface area contributed by atoms with Gasteiger partial charge in [-0.05, 0) is 55.4 Å². The van der Waals surface area contributed by atoms with Crippen LogP contribution in [0.2, 0.25) is 5.02 Å². The second-order valence-corrected chi connectivity index (χ2v) is 6.85. The lowest BCUT2D eigenvalue weighted by Crippen LogP contribution is -2.32. The van der Waals surface area contributed by atoms with E-state index >= 15 is 0 Å². The lowest BCUT2D eigenvalue weighted by atomic mass is 10.1. The third-order valence-corrected chi connectivity index (χ3v) is 5.16. The van der Waals surface area contributed by atoms with Crippen molar-refractivity contribution < 1.29 is 0 Å². The zero-order valence-electron chi connectivity index (χ0n) is 12.9. The van der Waals surface area contributed by atoms with Gasteiger partial charge in [0.1, 0.15) is 6.17 Å². The van der Waals surface area contributed by atoms with Crippen molar-refractivity contribution in [3.05, 3.63) is 64.7 Å². The third-order valence-electron chi connectivity index (χ3n) is 4.50. The van der Waals surface area contributed by atoms with Crippen LogP contribution in [0.1, 0.15) is 23.7 Å². The van der Waals surface area contributed by atoms with Crippen molar-refractivity contribution in [1.82, 2.24) is 10.0 Å². The van der Waals surface area contributed by atoms with Crippen molar-refractivity contribution in [3.63, 3.8) is 0 Å². The first kappa shape index (κ1) is 14.9. The van der Waals surface area contributed by atoms with E-state index in [1.54, 1.807) is 0 Å². The Labute approximate surface area is 147 Å². The van der Waals surface area contributed by atoms with Crippen LogP contribution in [0.5, 0.6) is 0 Å². The first-order valence-corrected chi connectivity index (χ1v) is 8.63. The average Bonchev–Trinajstić information content (AvgIpc) is 3.12. The highest BCUT2D eigenvalue weighted by molar-refractivity contribution is 7.80. The number of thiocarbonyl (C=S) groups is 1. The van der Waals surface area contributed by atoms with Crippen LogP contribution >= 0.6 is 23.8 Å². The summed E-state index contributed by atoms with van der Waals surface area (Å²) in [4.78, 5) is 2.23. The van der Waals surface area contributed by atoms with Crippen LogP contribution in [0.25, 0.3) is 0 Å². The fraction of sp³-hybridized carbons (Fsp3) is 0.278. The molecule has 23 heavy (non-hydrogen) atoms. The Morgan fingerprint density at radius 2 is 1.70 bits per heavy atom. The Morgan fingerprint density at radius 1 is 1.00 bits per heavy atom. The highest BCUT2D eigenvalue weighted by Gasteiger charge is 2.45. The summed E-state index contributed by atoms with van der Waals surface area (Å²) >= 11 is 11.8. The quantitative estimate of drug-likeness (QED) is 0.748. The lowest BCUT2D eigenvalue weighted by Gasteiger charge is -2.29. The molecule has 118 valence electrons. The molecule has 0 aliphatic carbocycles. The Kier molecular flexibility index (Phi) is 3.76. The van der Waals surface area contributed by atoms with Gasteiger partial charge in [0.2, 0.25) is 0 Å². The van der Waals surface area contributed by atoms with Crippen LogP contribution in [0, 0.1) is 6.92 Å². The average molecular weight is 344 g/mol. The van der Waals surface area contributed by atoms with E-state index in [0.29, 0.717) is 0 Å². The first-order valence-electron chi connectivity index (χ1n) is 7.84. The van der Waals surface area contributed by atoms with Crippen LogP contribution in [0.4, 0.5) is 5.69 Å². The Bertz CT molecular complexity index is 729. The Hall–Kier alpha value is -1.62. The predicted octanol–water partition coefficient (Wildman–Crippen LogP) is 4.37. The predicted molar refractivity (Wildman–Crippen MR) is 98.5 cm³/mol. The summed E-state index contributed by atoms with van der Waals surface area (Å²) in [6.07, 6.45) is 1.27. The minimum absolute atomic E-state index is 0.117. The van der Waals surface area contributed by atoms with Gasteiger partial charge in [0, 0.05) is 23.8 Å². The Balaban J connectivity index is 1.79. The van der Waals surface area contributed by atoms with Gasteiger partial charge in [0.25, 0.3) is 0 Å². The molecular formula is C18H18ClN3S. The number of nitrogens with zero attached hydrogens (tertiary/aromatic N) is 3. The van der Waals surface area contributed by atoms with Gasteiger partial charge in [-0.25, -0.2) is 0 Å². The Morgan fingerprint density at radius 3 is 2.39 bits per heavy atom. The number of aryl methyl sites for hydroxylation is 1. The number of hydrazine groups is 1. The summed E-state index contributed by atoms with van der Waals surface area (Å²) in [6, 6.07) is 16.7. The molecule has 2 fully saturated rings. The van der Waals surface area contributed by atoms with Crippen molar-refractivity contribution in [3.8, 4) is 0 Å². The highest BCUT2D eigenvalue weighted by atomic mass is 35.5. The monoisotopic (exact) mass is 343 g/mol. The SMILES string of the molecule is Cc1ccc(C2N(c3ccc(Cl)cc3)C(=S)N3CCCN23)cc1. The normalized spacial score (nSPS) is 21.1. The van der Waals surface area contributed by atoms with Crippen molar-refractivity contribution >= 4 is 34.6 Å². The van der Waals surface area contributed by atoms with Crippen molar-refractivity contribution in [2.24, 2.45) is 0 Å². The molecule has 4 rings (SSSR count). The maximum atomic E-state index is 6.05. The molecule has 0 radical (unpaired) electrons. The zero-order valence-corrected chi connectivity index (χ0v) is 14.5. The minimum Gasteiger partial charge on any atom is -0.296 e. The van der Waals surface area contributed by atoms with Crippen LogP contribution < -0.4 is 4.90 Å². The fourth-order valence-corrected chi connectivity index (χ4v) is 3.89. The van der Waals surface area contributed by atoms with E-state index < -0.39 is 0 Å². The molecule has 0 amide bonds. The fourth-order valence-electron chi connectivity index (χ4n) is 3.37. The third kappa shape index (κ3) is 2.51. The standard InChI is InChI=1S/C18H18ClN3S/c1-13-3-5-14(6-4-13)17-20-11-2-12-21(20)18(23)22(17)16-9-7-15(19)8-10-16/h3-10,17H,2,11-12H2,1H3. The van der Waals surface area contributed by atoms with Crippen molar-refractivity contribution in [2.45, 2.75) is 19.5 Å². The number of anilines is 1. The second-order valence-electron chi connectivity index (χ2n) is 6.05. The highest BCUT2D eigenvalue weighted by Crippen LogP contribution is 2.40. The van der Waals surface area contributed by atoms with Crippen LogP contribution in [0.3, 0.4) is 0 Å². The topological polar surface area (TPSA) is 9.72 Å². The van der Waals surface area contributed by atoms with E-state index in [4.69, 9.17) is 23.8 Å². The number of rotatable bonds is 2. The molecule has 1 unspecified atom stereocenters. The van der Waals surface area contributed by atoms with Crippen LogP contribution in [0.15, 0.2) is 48.5 Å². The van der Waals surface area contributed by atoms with Gasteiger partial charge >= 0.3 is 0 Å². The molecule has 1 atom stereocenters. The van der Waals surface area contributed by atoms with Gasteiger partial charge in [-0.3, -0.25) is 9.91 Å². The van der Waals surface area contributed by atoms with E-state index in [0.717, 1.165) is 35.3 Å². The number of fused-ring (bicyclic) bond motifs is 1. The van der Waals surface area contributed by atoms with Crippen LogP contribution in [-0.4, -0.2) is 28.2 Å². The summed E-state index contributed by atoms with van der Waals surface area (Å²) in [6.45, 7) is 4.14. The summed E-state index contributed by atoms with van der Waals surface area (Å²) < 4.78 is 0. The molecule has 2 saturated heterocycles. The summed E-state index contributed by atoms with van der Waals surface area (Å²) in [5.74, 6) is 0. The molecule has 3 nitrogen and oxygen atoms in total. The number of benzene rings is 2. The number of hydrogen-bond acceptors (Lipinski definition) is 2. The maximum Gasteiger partial charge on any atom is 0.192 e. The second kappa shape index (κ2) is 5.78. The summed E-state index contributed by atoms with van der Waals surface area (Å²) in [5, 5.41) is 6.22. The number of halogens is 1. The molecule has 0 aromatic heterocycles. The van der Waals surface area contributed by atoms with Crippen molar-refractivity contribution in [1.29, 1.82) is 0 Å². The molecular weight excluding hydrogens is 326 g/mol. The zero-order chi connectivity index (χ0) is 16.0. The molecule has 2 aromatic carbocycles. The molecule has 2 aliphatic rings. The van der Waals surface area contributed by atoms with Gasteiger partial charge in [0.15, 0.2) is 5.11 Å².